The first kappa shape index (κ1) is 18.5. The van der Waals surface area contributed by atoms with Gasteiger partial charge in [-0.2, -0.15) is 5.10 Å². The number of rotatable bonds is 7. The molecule has 6 nitrogen and oxygen atoms in total. The minimum atomic E-state index is -0.0791. The number of carbonyl (C=O) groups is 1. The van der Waals surface area contributed by atoms with Gasteiger partial charge in [-0.1, -0.05) is 24.6 Å². The predicted octanol–water partition coefficient (Wildman–Crippen LogP) is 3.27. The van der Waals surface area contributed by atoms with Gasteiger partial charge in [0.25, 0.3) is 5.91 Å². The van der Waals surface area contributed by atoms with Crippen LogP contribution in [0.25, 0.3) is 11.5 Å². The molecule has 1 fully saturated rings. The minimum absolute atomic E-state index is 0.0791. The number of carbonyl (C=O) groups excluding carboxylic acids is 1. The lowest BCUT2D eigenvalue weighted by Gasteiger charge is -2.26. The van der Waals surface area contributed by atoms with Crippen molar-refractivity contribution >= 4 is 5.91 Å². The predicted molar refractivity (Wildman–Crippen MR) is 110 cm³/mol. The zero-order chi connectivity index (χ0) is 19.2. The zero-order valence-corrected chi connectivity index (χ0v) is 16.1. The van der Waals surface area contributed by atoms with Gasteiger partial charge in [-0.05, 0) is 63.2 Å². The molecule has 28 heavy (non-hydrogen) atoms. The normalized spacial score (nSPS) is 14.9. The molecule has 1 aliphatic rings. The second kappa shape index (κ2) is 8.89. The van der Waals surface area contributed by atoms with E-state index in [0.29, 0.717) is 12.1 Å². The van der Waals surface area contributed by atoms with Crippen molar-refractivity contribution in [2.45, 2.75) is 25.7 Å². The molecule has 1 N–H and O–H groups in total. The van der Waals surface area contributed by atoms with Crippen LogP contribution < -0.4 is 5.32 Å². The average molecular weight is 377 g/mol. The largest absolute Gasteiger partial charge is 0.352 e. The van der Waals surface area contributed by atoms with Crippen molar-refractivity contribution in [2.75, 3.05) is 26.2 Å². The standard InChI is InChI=1S/C22H27N5O/c28-21(23-12-9-15-25-13-5-2-6-14-25)20-18-24-27(19-10-3-1-4-11-19)22(20)26-16-7-8-17-26/h1,3-4,7-8,10-11,16-18H,2,5-6,9,12-15H2,(H,23,28). The maximum atomic E-state index is 12.9. The van der Waals surface area contributed by atoms with Gasteiger partial charge in [0.05, 0.1) is 11.9 Å². The Morgan fingerprint density at radius 1 is 1.00 bits per heavy atom. The van der Waals surface area contributed by atoms with E-state index in [1.807, 2.05) is 64.1 Å². The Balaban J connectivity index is 1.46. The summed E-state index contributed by atoms with van der Waals surface area (Å²) in [5.41, 5.74) is 1.51. The van der Waals surface area contributed by atoms with Crippen LogP contribution in [-0.4, -0.2) is 51.3 Å². The van der Waals surface area contributed by atoms with Crippen LogP contribution in [0.4, 0.5) is 0 Å². The maximum Gasteiger partial charge on any atom is 0.256 e. The molecule has 4 rings (SSSR count). The van der Waals surface area contributed by atoms with Crippen LogP contribution in [0.1, 0.15) is 36.0 Å². The first-order chi connectivity index (χ1) is 13.8. The molecule has 6 heteroatoms. The van der Waals surface area contributed by atoms with Gasteiger partial charge >= 0.3 is 0 Å². The quantitative estimate of drug-likeness (QED) is 0.643. The van der Waals surface area contributed by atoms with Gasteiger partial charge in [-0.15, -0.1) is 0 Å². The fourth-order valence-corrected chi connectivity index (χ4v) is 3.77. The number of piperidine rings is 1. The maximum absolute atomic E-state index is 12.9. The van der Waals surface area contributed by atoms with E-state index in [-0.39, 0.29) is 5.91 Å². The topological polar surface area (TPSA) is 55.1 Å². The van der Waals surface area contributed by atoms with Crippen molar-refractivity contribution in [1.29, 1.82) is 0 Å². The number of hydrogen-bond acceptors (Lipinski definition) is 3. The van der Waals surface area contributed by atoms with E-state index in [2.05, 4.69) is 15.3 Å². The van der Waals surface area contributed by atoms with Crippen LogP contribution in [0.5, 0.6) is 0 Å². The molecule has 1 saturated heterocycles. The van der Waals surface area contributed by atoms with Gasteiger partial charge in [0.1, 0.15) is 5.56 Å². The molecule has 0 saturated carbocycles. The first-order valence-corrected chi connectivity index (χ1v) is 10.1. The smallest absolute Gasteiger partial charge is 0.256 e. The third kappa shape index (κ3) is 4.17. The highest BCUT2D eigenvalue weighted by molar-refractivity contribution is 5.97. The molecule has 3 heterocycles. The van der Waals surface area contributed by atoms with Gasteiger partial charge < -0.3 is 14.8 Å². The molecular weight excluding hydrogens is 350 g/mol. The highest BCUT2D eigenvalue weighted by Crippen LogP contribution is 2.19. The molecule has 0 bridgehead atoms. The lowest BCUT2D eigenvalue weighted by molar-refractivity contribution is 0.0951. The van der Waals surface area contributed by atoms with Crippen LogP contribution in [0, 0.1) is 0 Å². The van der Waals surface area contributed by atoms with E-state index in [1.165, 1.54) is 32.4 Å². The summed E-state index contributed by atoms with van der Waals surface area (Å²) >= 11 is 0. The Morgan fingerprint density at radius 2 is 1.75 bits per heavy atom. The van der Waals surface area contributed by atoms with Crippen molar-refractivity contribution < 1.29 is 4.79 Å². The molecule has 146 valence electrons. The van der Waals surface area contributed by atoms with Crippen LogP contribution in [0.3, 0.4) is 0 Å². The SMILES string of the molecule is O=C(NCCCN1CCCCC1)c1cnn(-c2ccccc2)c1-n1cccc1. The fraction of sp³-hybridized carbons (Fsp3) is 0.364. The van der Waals surface area contributed by atoms with Gasteiger partial charge in [-0.3, -0.25) is 4.79 Å². The molecule has 2 aromatic heterocycles. The fourth-order valence-electron chi connectivity index (χ4n) is 3.77. The highest BCUT2D eigenvalue weighted by Gasteiger charge is 2.19. The van der Waals surface area contributed by atoms with Crippen LogP contribution in [-0.2, 0) is 0 Å². The molecule has 1 aromatic carbocycles. The van der Waals surface area contributed by atoms with Crippen molar-refractivity contribution in [3.63, 3.8) is 0 Å². The number of nitrogens with zero attached hydrogens (tertiary/aromatic N) is 4. The number of likely N-dealkylation sites (tertiary alicyclic amines) is 1. The summed E-state index contributed by atoms with van der Waals surface area (Å²) in [6.45, 7) is 4.11. The lowest BCUT2D eigenvalue weighted by atomic mass is 10.1. The molecule has 0 atom stereocenters. The van der Waals surface area contributed by atoms with E-state index in [1.54, 1.807) is 6.20 Å². The number of benzene rings is 1. The van der Waals surface area contributed by atoms with E-state index < -0.39 is 0 Å². The molecule has 3 aromatic rings. The summed E-state index contributed by atoms with van der Waals surface area (Å²) in [5.74, 6) is 0.675. The molecule has 0 aliphatic carbocycles. The molecule has 0 spiro atoms. The molecule has 1 aliphatic heterocycles. The van der Waals surface area contributed by atoms with Crippen LogP contribution >= 0.6 is 0 Å². The number of para-hydroxylation sites is 1. The monoisotopic (exact) mass is 377 g/mol. The number of hydrogen-bond donors (Lipinski definition) is 1. The summed E-state index contributed by atoms with van der Waals surface area (Å²) in [7, 11) is 0. The zero-order valence-electron chi connectivity index (χ0n) is 16.1. The molecular formula is C22H27N5O. The Morgan fingerprint density at radius 3 is 2.50 bits per heavy atom. The second-order valence-corrected chi connectivity index (χ2v) is 7.23. The summed E-state index contributed by atoms with van der Waals surface area (Å²) in [6, 6.07) is 13.8. The minimum Gasteiger partial charge on any atom is -0.352 e. The third-order valence-electron chi connectivity index (χ3n) is 5.22. The average Bonchev–Trinajstić information content (AvgIpc) is 3.42. The van der Waals surface area contributed by atoms with E-state index >= 15 is 0 Å². The number of amides is 1. The Labute approximate surface area is 165 Å². The van der Waals surface area contributed by atoms with Crippen molar-refractivity contribution in [3.8, 4) is 11.5 Å². The summed E-state index contributed by atoms with van der Waals surface area (Å²) < 4.78 is 3.74. The lowest BCUT2D eigenvalue weighted by Crippen LogP contribution is -2.33. The van der Waals surface area contributed by atoms with Crippen molar-refractivity contribution in [2.24, 2.45) is 0 Å². The van der Waals surface area contributed by atoms with Crippen LogP contribution in [0.2, 0.25) is 0 Å². The van der Waals surface area contributed by atoms with E-state index in [4.69, 9.17) is 0 Å². The highest BCUT2D eigenvalue weighted by atomic mass is 16.1. The van der Waals surface area contributed by atoms with Crippen LogP contribution in [0.15, 0.2) is 61.1 Å². The van der Waals surface area contributed by atoms with Crippen molar-refractivity contribution in [1.82, 2.24) is 24.6 Å². The van der Waals surface area contributed by atoms with Gasteiger partial charge in [-0.25, -0.2) is 4.68 Å². The third-order valence-corrected chi connectivity index (χ3v) is 5.22. The number of nitrogens with one attached hydrogen (secondary N) is 1. The summed E-state index contributed by atoms with van der Waals surface area (Å²) in [6.07, 6.45) is 10.4. The van der Waals surface area contributed by atoms with E-state index in [0.717, 1.165) is 24.5 Å². The number of aromatic nitrogens is 3. The van der Waals surface area contributed by atoms with Gasteiger partial charge in [0, 0.05) is 18.9 Å². The van der Waals surface area contributed by atoms with Crippen molar-refractivity contribution in [3.05, 3.63) is 66.6 Å². The summed E-state index contributed by atoms with van der Waals surface area (Å²) in [5, 5.41) is 7.57. The van der Waals surface area contributed by atoms with Gasteiger partial charge in [0.2, 0.25) is 0 Å². The molecule has 1 amide bonds. The first-order valence-electron chi connectivity index (χ1n) is 10.1. The van der Waals surface area contributed by atoms with E-state index in [9.17, 15) is 4.79 Å². The molecule has 0 radical (unpaired) electrons. The summed E-state index contributed by atoms with van der Waals surface area (Å²) in [4.78, 5) is 15.4. The van der Waals surface area contributed by atoms with Gasteiger partial charge in [0.15, 0.2) is 5.82 Å². The Bertz CT molecular complexity index is 879. The Kier molecular flexibility index (Phi) is 5.87. The Hall–Kier alpha value is -2.86. The molecule has 0 unspecified atom stereocenters. The second-order valence-electron chi connectivity index (χ2n) is 7.23.